The highest BCUT2D eigenvalue weighted by molar-refractivity contribution is 5.67. The lowest BCUT2D eigenvalue weighted by Crippen LogP contribution is -2.35. The number of carboxylic acid groups (broad SMARTS) is 1. The molecule has 1 unspecified atom stereocenters. The van der Waals surface area contributed by atoms with Crippen molar-refractivity contribution >= 4 is 5.97 Å². The number of carbonyl (C=O) groups is 1. The first kappa shape index (κ1) is 16.5. The van der Waals surface area contributed by atoms with E-state index in [2.05, 4.69) is 5.32 Å². The second kappa shape index (κ2) is 7.87. The van der Waals surface area contributed by atoms with Crippen molar-refractivity contribution in [2.24, 2.45) is 0 Å². The van der Waals surface area contributed by atoms with E-state index < -0.39 is 5.97 Å². The number of aryl methyl sites for hydroxylation is 2. The molecular formula is C15H23NO4. The van der Waals surface area contributed by atoms with Gasteiger partial charge in [0.05, 0.1) is 20.1 Å². The first-order chi connectivity index (χ1) is 9.47. The van der Waals surface area contributed by atoms with Gasteiger partial charge in [-0.3, -0.25) is 4.79 Å². The van der Waals surface area contributed by atoms with E-state index in [1.54, 1.807) is 7.11 Å². The maximum Gasteiger partial charge on any atom is 0.304 e. The van der Waals surface area contributed by atoms with Crippen LogP contribution in [-0.2, 0) is 11.2 Å². The second-order valence-electron chi connectivity index (χ2n) is 4.95. The Morgan fingerprint density at radius 3 is 2.65 bits per heavy atom. The van der Waals surface area contributed by atoms with E-state index in [1.807, 2.05) is 26.0 Å². The Kier molecular flexibility index (Phi) is 6.48. The minimum absolute atomic E-state index is 0.0101. The lowest BCUT2D eigenvalue weighted by atomic mass is 9.98. The Hall–Kier alpha value is -1.59. The van der Waals surface area contributed by atoms with Crippen LogP contribution in [0.25, 0.3) is 0 Å². The van der Waals surface area contributed by atoms with E-state index in [-0.39, 0.29) is 19.1 Å². The molecule has 0 spiro atoms. The highest BCUT2D eigenvalue weighted by Crippen LogP contribution is 2.26. The van der Waals surface area contributed by atoms with Crippen LogP contribution in [0.5, 0.6) is 5.75 Å². The Balaban J connectivity index is 2.93. The van der Waals surface area contributed by atoms with Gasteiger partial charge < -0.3 is 20.3 Å². The zero-order chi connectivity index (χ0) is 15.1. The second-order valence-corrected chi connectivity index (χ2v) is 4.95. The van der Waals surface area contributed by atoms with Crippen molar-refractivity contribution in [1.82, 2.24) is 5.32 Å². The molecule has 0 heterocycles. The fourth-order valence-electron chi connectivity index (χ4n) is 2.45. The van der Waals surface area contributed by atoms with Crippen LogP contribution in [0.4, 0.5) is 0 Å². The average Bonchev–Trinajstić information content (AvgIpc) is 2.34. The Morgan fingerprint density at radius 2 is 2.10 bits per heavy atom. The standard InChI is InChI=1S/C15H23NO4/c1-10-6-11(2)15(20-3)12(7-10)8-13(9-14(18)19)16-4-5-17/h6-7,13,16-17H,4-5,8-9H2,1-3H3,(H,18,19). The number of ether oxygens (including phenoxy) is 1. The van der Waals surface area contributed by atoms with Gasteiger partial charge in [0, 0.05) is 12.6 Å². The van der Waals surface area contributed by atoms with E-state index in [4.69, 9.17) is 14.9 Å². The van der Waals surface area contributed by atoms with Crippen LogP contribution >= 0.6 is 0 Å². The summed E-state index contributed by atoms with van der Waals surface area (Å²) in [5.74, 6) is -0.0550. The molecule has 0 saturated heterocycles. The van der Waals surface area contributed by atoms with Gasteiger partial charge in [0.15, 0.2) is 0 Å². The van der Waals surface area contributed by atoms with Gasteiger partial charge in [-0.15, -0.1) is 0 Å². The largest absolute Gasteiger partial charge is 0.496 e. The van der Waals surface area contributed by atoms with Crippen LogP contribution in [0.2, 0.25) is 0 Å². The van der Waals surface area contributed by atoms with Crippen molar-refractivity contribution in [1.29, 1.82) is 0 Å². The molecule has 0 aliphatic carbocycles. The topological polar surface area (TPSA) is 78.8 Å². The van der Waals surface area contributed by atoms with E-state index in [1.165, 1.54) is 0 Å². The predicted molar refractivity (Wildman–Crippen MR) is 77.3 cm³/mol. The molecule has 0 fully saturated rings. The van der Waals surface area contributed by atoms with Gasteiger partial charge in [0.2, 0.25) is 0 Å². The molecule has 0 bridgehead atoms. The summed E-state index contributed by atoms with van der Waals surface area (Å²) in [5, 5.41) is 20.9. The number of rotatable bonds is 8. The summed E-state index contributed by atoms with van der Waals surface area (Å²) in [6.07, 6.45) is 0.564. The van der Waals surface area contributed by atoms with Crippen LogP contribution < -0.4 is 10.1 Å². The van der Waals surface area contributed by atoms with E-state index in [0.717, 1.165) is 22.4 Å². The Labute approximate surface area is 119 Å². The molecule has 0 radical (unpaired) electrons. The van der Waals surface area contributed by atoms with Crippen molar-refractivity contribution < 1.29 is 19.7 Å². The number of benzene rings is 1. The van der Waals surface area contributed by atoms with E-state index >= 15 is 0 Å². The maximum absolute atomic E-state index is 10.9. The van der Waals surface area contributed by atoms with Crippen molar-refractivity contribution in [2.75, 3.05) is 20.3 Å². The third-order valence-electron chi connectivity index (χ3n) is 3.13. The highest BCUT2D eigenvalue weighted by atomic mass is 16.5. The van der Waals surface area contributed by atoms with Gasteiger partial charge in [-0.2, -0.15) is 0 Å². The van der Waals surface area contributed by atoms with Crippen molar-refractivity contribution in [3.8, 4) is 5.75 Å². The van der Waals surface area contributed by atoms with Crippen molar-refractivity contribution in [3.63, 3.8) is 0 Å². The third-order valence-corrected chi connectivity index (χ3v) is 3.13. The van der Waals surface area contributed by atoms with Gasteiger partial charge in [-0.25, -0.2) is 0 Å². The molecule has 20 heavy (non-hydrogen) atoms. The third kappa shape index (κ3) is 4.83. The molecule has 5 nitrogen and oxygen atoms in total. The smallest absolute Gasteiger partial charge is 0.304 e. The summed E-state index contributed by atoms with van der Waals surface area (Å²) in [4.78, 5) is 10.9. The lowest BCUT2D eigenvalue weighted by Gasteiger charge is -2.19. The van der Waals surface area contributed by atoms with Gasteiger partial charge in [0.25, 0.3) is 0 Å². The first-order valence-electron chi connectivity index (χ1n) is 6.68. The fourth-order valence-corrected chi connectivity index (χ4v) is 2.45. The molecule has 1 aromatic carbocycles. The van der Waals surface area contributed by atoms with Crippen LogP contribution in [0.1, 0.15) is 23.1 Å². The molecule has 1 atom stereocenters. The summed E-state index contributed by atoms with van der Waals surface area (Å²) in [6, 6.07) is 3.83. The summed E-state index contributed by atoms with van der Waals surface area (Å²) in [5.41, 5.74) is 3.15. The number of nitrogens with one attached hydrogen (secondary N) is 1. The molecule has 0 aromatic heterocycles. The number of aliphatic hydroxyl groups excluding tert-OH is 1. The van der Waals surface area contributed by atoms with Gasteiger partial charge in [0.1, 0.15) is 5.75 Å². The quantitative estimate of drug-likeness (QED) is 0.669. The number of hydrogen-bond donors (Lipinski definition) is 3. The molecule has 0 saturated carbocycles. The summed E-state index contributed by atoms with van der Waals surface area (Å²) >= 11 is 0. The fraction of sp³-hybridized carbons (Fsp3) is 0.533. The number of hydrogen-bond acceptors (Lipinski definition) is 4. The summed E-state index contributed by atoms with van der Waals surface area (Å²) < 4.78 is 5.42. The number of carboxylic acids is 1. The molecule has 0 aliphatic rings. The molecule has 5 heteroatoms. The minimum Gasteiger partial charge on any atom is -0.496 e. The minimum atomic E-state index is -0.858. The van der Waals surface area contributed by atoms with Crippen LogP contribution in [0.3, 0.4) is 0 Å². The molecule has 1 rings (SSSR count). The number of aliphatic hydroxyl groups is 1. The van der Waals surface area contributed by atoms with Crippen LogP contribution in [-0.4, -0.2) is 42.5 Å². The highest BCUT2D eigenvalue weighted by Gasteiger charge is 2.17. The Morgan fingerprint density at radius 1 is 1.40 bits per heavy atom. The lowest BCUT2D eigenvalue weighted by molar-refractivity contribution is -0.137. The Bertz CT molecular complexity index is 459. The van der Waals surface area contributed by atoms with E-state index in [9.17, 15) is 4.79 Å². The zero-order valence-electron chi connectivity index (χ0n) is 12.3. The first-order valence-corrected chi connectivity index (χ1v) is 6.68. The van der Waals surface area contributed by atoms with Crippen LogP contribution in [0, 0.1) is 13.8 Å². The van der Waals surface area contributed by atoms with Gasteiger partial charge in [-0.1, -0.05) is 17.7 Å². The summed E-state index contributed by atoms with van der Waals surface area (Å²) in [7, 11) is 1.62. The number of aliphatic carboxylic acids is 1. The normalized spacial score (nSPS) is 12.2. The van der Waals surface area contributed by atoms with Gasteiger partial charge >= 0.3 is 5.97 Å². The number of methoxy groups -OCH3 is 1. The monoisotopic (exact) mass is 281 g/mol. The van der Waals surface area contributed by atoms with Crippen molar-refractivity contribution in [3.05, 3.63) is 28.8 Å². The molecule has 3 N–H and O–H groups in total. The zero-order valence-corrected chi connectivity index (χ0v) is 12.3. The molecular weight excluding hydrogens is 258 g/mol. The molecule has 1 aromatic rings. The summed E-state index contributed by atoms with van der Waals surface area (Å²) in [6.45, 7) is 4.34. The maximum atomic E-state index is 10.9. The van der Waals surface area contributed by atoms with E-state index in [0.29, 0.717) is 13.0 Å². The van der Waals surface area contributed by atoms with Crippen LogP contribution in [0.15, 0.2) is 12.1 Å². The average molecular weight is 281 g/mol. The predicted octanol–water partition coefficient (Wildman–Crippen LogP) is 1.28. The SMILES string of the molecule is COc1c(C)cc(C)cc1CC(CC(=O)O)NCCO. The van der Waals surface area contributed by atoms with Gasteiger partial charge in [-0.05, 0) is 31.4 Å². The molecule has 0 amide bonds. The molecule has 0 aliphatic heterocycles. The van der Waals surface area contributed by atoms with Crippen molar-refractivity contribution in [2.45, 2.75) is 32.7 Å². The molecule has 112 valence electrons.